The van der Waals surface area contributed by atoms with E-state index >= 15 is 0 Å². The SMILES string of the molecule is CCCCN(CC1CCCCC1)C(=O)c1ccc(OCc2ccccc2)c(OC)c1. The summed E-state index contributed by atoms with van der Waals surface area (Å²) in [4.78, 5) is 15.4. The maximum Gasteiger partial charge on any atom is 0.254 e. The van der Waals surface area contributed by atoms with E-state index in [4.69, 9.17) is 9.47 Å². The lowest BCUT2D eigenvalue weighted by atomic mass is 9.88. The average molecular weight is 410 g/mol. The first-order chi connectivity index (χ1) is 14.7. The van der Waals surface area contributed by atoms with Crippen molar-refractivity contribution in [3.8, 4) is 11.5 Å². The zero-order valence-electron chi connectivity index (χ0n) is 18.4. The molecular formula is C26H35NO3. The molecule has 0 unspecified atom stereocenters. The minimum Gasteiger partial charge on any atom is -0.493 e. The van der Waals surface area contributed by atoms with Gasteiger partial charge in [0.2, 0.25) is 0 Å². The highest BCUT2D eigenvalue weighted by molar-refractivity contribution is 5.95. The van der Waals surface area contributed by atoms with Crippen LogP contribution in [0.1, 0.15) is 67.8 Å². The normalized spacial score (nSPS) is 14.3. The van der Waals surface area contributed by atoms with Gasteiger partial charge in [-0.05, 0) is 48.9 Å². The number of benzene rings is 2. The second-order valence-electron chi connectivity index (χ2n) is 8.25. The molecule has 1 fully saturated rings. The summed E-state index contributed by atoms with van der Waals surface area (Å²) in [7, 11) is 1.62. The van der Waals surface area contributed by atoms with Crippen molar-refractivity contribution < 1.29 is 14.3 Å². The van der Waals surface area contributed by atoms with Gasteiger partial charge in [-0.2, -0.15) is 0 Å². The van der Waals surface area contributed by atoms with Crippen LogP contribution in [0.5, 0.6) is 11.5 Å². The van der Waals surface area contributed by atoms with Crippen LogP contribution in [0.3, 0.4) is 0 Å². The lowest BCUT2D eigenvalue weighted by Gasteiger charge is -2.30. The fourth-order valence-electron chi connectivity index (χ4n) is 4.14. The number of amides is 1. The summed E-state index contributed by atoms with van der Waals surface area (Å²) >= 11 is 0. The molecule has 0 radical (unpaired) electrons. The highest BCUT2D eigenvalue weighted by atomic mass is 16.5. The molecule has 0 heterocycles. The van der Waals surface area contributed by atoms with Crippen LogP contribution in [0.2, 0.25) is 0 Å². The molecule has 1 amide bonds. The Morgan fingerprint density at radius 2 is 1.80 bits per heavy atom. The second kappa shape index (κ2) is 11.6. The number of nitrogens with zero attached hydrogens (tertiary/aromatic N) is 1. The van der Waals surface area contributed by atoms with Gasteiger partial charge in [0, 0.05) is 18.7 Å². The van der Waals surface area contributed by atoms with Gasteiger partial charge in [0.1, 0.15) is 6.61 Å². The molecule has 4 nitrogen and oxygen atoms in total. The lowest BCUT2D eigenvalue weighted by Crippen LogP contribution is -2.36. The van der Waals surface area contributed by atoms with Gasteiger partial charge >= 0.3 is 0 Å². The fraction of sp³-hybridized carbons (Fsp3) is 0.500. The molecular weight excluding hydrogens is 374 g/mol. The van der Waals surface area contributed by atoms with Gasteiger partial charge < -0.3 is 14.4 Å². The number of methoxy groups -OCH3 is 1. The molecule has 2 aromatic carbocycles. The Hall–Kier alpha value is -2.49. The number of carbonyl (C=O) groups is 1. The summed E-state index contributed by atoms with van der Waals surface area (Å²) in [5.74, 6) is 1.99. The van der Waals surface area contributed by atoms with Crippen molar-refractivity contribution in [1.29, 1.82) is 0 Å². The van der Waals surface area contributed by atoms with E-state index in [9.17, 15) is 4.79 Å². The van der Waals surface area contributed by atoms with Crippen molar-refractivity contribution >= 4 is 5.91 Å². The number of ether oxygens (including phenoxy) is 2. The largest absolute Gasteiger partial charge is 0.493 e. The van der Waals surface area contributed by atoms with E-state index in [0.717, 1.165) is 31.5 Å². The minimum atomic E-state index is 0.0990. The highest BCUT2D eigenvalue weighted by Gasteiger charge is 2.22. The Bertz CT molecular complexity index is 784. The highest BCUT2D eigenvalue weighted by Crippen LogP contribution is 2.30. The molecule has 0 atom stereocenters. The molecule has 1 aliphatic carbocycles. The van der Waals surface area contributed by atoms with Crippen LogP contribution in [0.15, 0.2) is 48.5 Å². The van der Waals surface area contributed by atoms with Crippen LogP contribution in [-0.4, -0.2) is 31.0 Å². The Labute approximate surface area is 181 Å². The van der Waals surface area contributed by atoms with Crippen LogP contribution in [0.4, 0.5) is 0 Å². The number of hydrogen-bond donors (Lipinski definition) is 0. The summed E-state index contributed by atoms with van der Waals surface area (Å²) in [5, 5.41) is 0. The van der Waals surface area contributed by atoms with Crippen LogP contribution < -0.4 is 9.47 Å². The van der Waals surface area contributed by atoms with Crippen molar-refractivity contribution in [2.45, 2.75) is 58.5 Å². The Morgan fingerprint density at radius 3 is 2.50 bits per heavy atom. The molecule has 162 valence electrons. The summed E-state index contributed by atoms with van der Waals surface area (Å²) < 4.78 is 11.5. The molecule has 0 N–H and O–H groups in total. The summed E-state index contributed by atoms with van der Waals surface area (Å²) in [6.07, 6.45) is 8.53. The van der Waals surface area contributed by atoms with Gasteiger partial charge in [0.15, 0.2) is 11.5 Å². The topological polar surface area (TPSA) is 38.8 Å². The maximum atomic E-state index is 13.3. The molecule has 1 saturated carbocycles. The standard InChI is InChI=1S/C26H35NO3/c1-3-4-17-27(19-21-11-7-5-8-12-21)26(28)23-15-16-24(25(18-23)29-2)30-20-22-13-9-6-10-14-22/h6,9-10,13-16,18,21H,3-5,7-8,11-12,17,19-20H2,1-2H3. The third-order valence-corrected chi connectivity index (χ3v) is 5.92. The fourth-order valence-corrected chi connectivity index (χ4v) is 4.14. The third kappa shape index (κ3) is 6.25. The number of unbranched alkanes of at least 4 members (excludes halogenated alkanes) is 1. The summed E-state index contributed by atoms with van der Waals surface area (Å²) in [6.45, 7) is 4.33. The molecule has 2 aromatic rings. The molecule has 0 saturated heterocycles. The van der Waals surface area contributed by atoms with E-state index in [1.165, 1.54) is 32.1 Å². The molecule has 0 aromatic heterocycles. The number of hydrogen-bond acceptors (Lipinski definition) is 3. The Kier molecular flexibility index (Phi) is 8.61. The van der Waals surface area contributed by atoms with Gasteiger partial charge in [-0.15, -0.1) is 0 Å². The summed E-state index contributed by atoms with van der Waals surface area (Å²) in [6, 6.07) is 15.6. The molecule has 1 aliphatic rings. The first-order valence-electron chi connectivity index (χ1n) is 11.3. The van der Waals surface area contributed by atoms with E-state index in [-0.39, 0.29) is 5.91 Å². The molecule has 30 heavy (non-hydrogen) atoms. The molecule has 0 bridgehead atoms. The third-order valence-electron chi connectivity index (χ3n) is 5.92. The zero-order chi connectivity index (χ0) is 21.2. The molecule has 0 spiro atoms. The van der Waals surface area contributed by atoms with Gasteiger partial charge in [-0.1, -0.05) is 62.9 Å². The predicted molar refractivity (Wildman–Crippen MR) is 121 cm³/mol. The van der Waals surface area contributed by atoms with Crippen molar-refractivity contribution in [3.63, 3.8) is 0 Å². The molecule has 0 aliphatic heterocycles. The van der Waals surface area contributed by atoms with Crippen molar-refractivity contribution in [2.24, 2.45) is 5.92 Å². The Morgan fingerprint density at radius 1 is 1.03 bits per heavy atom. The number of rotatable bonds is 10. The first kappa shape index (κ1) is 22.2. The van der Waals surface area contributed by atoms with Crippen LogP contribution in [-0.2, 0) is 6.61 Å². The van der Waals surface area contributed by atoms with Crippen LogP contribution in [0.25, 0.3) is 0 Å². The van der Waals surface area contributed by atoms with Gasteiger partial charge in [-0.3, -0.25) is 4.79 Å². The average Bonchev–Trinajstić information content (AvgIpc) is 2.81. The second-order valence-corrected chi connectivity index (χ2v) is 8.25. The first-order valence-corrected chi connectivity index (χ1v) is 11.3. The zero-order valence-corrected chi connectivity index (χ0v) is 18.4. The van der Waals surface area contributed by atoms with E-state index < -0.39 is 0 Å². The molecule has 4 heteroatoms. The van der Waals surface area contributed by atoms with E-state index in [1.807, 2.05) is 48.5 Å². The van der Waals surface area contributed by atoms with E-state index in [0.29, 0.717) is 29.6 Å². The van der Waals surface area contributed by atoms with E-state index in [1.54, 1.807) is 7.11 Å². The smallest absolute Gasteiger partial charge is 0.254 e. The maximum absolute atomic E-state index is 13.3. The van der Waals surface area contributed by atoms with E-state index in [2.05, 4.69) is 11.8 Å². The lowest BCUT2D eigenvalue weighted by molar-refractivity contribution is 0.0710. The van der Waals surface area contributed by atoms with Gasteiger partial charge in [0.05, 0.1) is 7.11 Å². The minimum absolute atomic E-state index is 0.0990. The van der Waals surface area contributed by atoms with Crippen molar-refractivity contribution in [1.82, 2.24) is 4.90 Å². The predicted octanol–water partition coefficient (Wildman–Crippen LogP) is 6.10. The quantitative estimate of drug-likeness (QED) is 0.476. The van der Waals surface area contributed by atoms with Crippen molar-refractivity contribution in [3.05, 3.63) is 59.7 Å². The van der Waals surface area contributed by atoms with Crippen LogP contribution in [0, 0.1) is 5.92 Å². The van der Waals surface area contributed by atoms with Crippen LogP contribution >= 0.6 is 0 Å². The monoisotopic (exact) mass is 409 g/mol. The number of carbonyl (C=O) groups excluding carboxylic acids is 1. The molecule has 3 rings (SSSR count). The van der Waals surface area contributed by atoms with Gasteiger partial charge in [0.25, 0.3) is 5.91 Å². The van der Waals surface area contributed by atoms with Crippen molar-refractivity contribution in [2.75, 3.05) is 20.2 Å². The summed E-state index contributed by atoms with van der Waals surface area (Å²) in [5.41, 5.74) is 1.77. The Balaban J connectivity index is 1.70. The van der Waals surface area contributed by atoms with Gasteiger partial charge in [-0.25, -0.2) is 0 Å².